The standard InChI is InChI=1S/C20H20F2N2/c21-17-5-1-3-7-19(17)23-13-15-9-11-16(12-10-15)14-24-20-8-4-2-6-18(20)22/h1,3-5,7-12,18,23H,2,6,13-14H2. The maximum atomic E-state index is 13.7. The molecule has 0 bridgehead atoms. The van der Waals surface area contributed by atoms with Gasteiger partial charge in [-0.1, -0.05) is 42.5 Å². The van der Waals surface area contributed by atoms with Crippen LogP contribution in [0.2, 0.25) is 0 Å². The van der Waals surface area contributed by atoms with Crippen LogP contribution in [0, 0.1) is 5.82 Å². The van der Waals surface area contributed by atoms with Crippen LogP contribution in [0.5, 0.6) is 0 Å². The molecule has 0 spiro atoms. The van der Waals surface area contributed by atoms with Gasteiger partial charge in [0.15, 0.2) is 0 Å². The summed E-state index contributed by atoms with van der Waals surface area (Å²) in [6.07, 6.45) is 4.10. The Morgan fingerprint density at radius 2 is 1.79 bits per heavy atom. The highest BCUT2D eigenvalue weighted by Gasteiger charge is 2.14. The predicted molar refractivity (Wildman–Crippen MR) is 94.6 cm³/mol. The number of benzene rings is 2. The Labute approximate surface area is 140 Å². The first-order valence-electron chi connectivity index (χ1n) is 8.13. The van der Waals surface area contributed by atoms with Crippen molar-refractivity contribution >= 4 is 11.4 Å². The minimum Gasteiger partial charge on any atom is -0.379 e. The van der Waals surface area contributed by atoms with Crippen LogP contribution < -0.4 is 5.32 Å². The summed E-state index contributed by atoms with van der Waals surface area (Å²) in [5.41, 5.74) is 3.11. The molecule has 2 aromatic rings. The Balaban J connectivity index is 1.57. The third-order valence-electron chi connectivity index (χ3n) is 4.02. The molecule has 2 nitrogen and oxygen atoms in total. The Morgan fingerprint density at radius 1 is 1.04 bits per heavy atom. The van der Waals surface area contributed by atoms with E-state index in [9.17, 15) is 8.78 Å². The number of rotatable bonds is 5. The van der Waals surface area contributed by atoms with Crippen LogP contribution in [-0.2, 0) is 13.1 Å². The van der Waals surface area contributed by atoms with Crippen molar-refractivity contribution in [2.45, 2.75) is 32.1 Å². The number of anilines is 1. The van der Waals surface area contributed by atoms with Gasteiger partial charge in [0, 0.05) is 6.54 Å². The lowest BCUT2D eigenvalue weighted by atomic mass is 10.0. The first-order chi connectivity index (χ1) is 11.7. The molecule has 0 fully saturated rings. The van der Waals surface area contributed by atoms with Crippen LogP contribution in [0.4, 0.5) is 14.5 Å². The zero-order valence-corrected chi connectivity index (χ0v) is 13.4. The predicted octanol–water partition coefficient (Wildman–Crippen LogP) is 5.07. The summed E-state index contributed by atoms with van der Waals surface area (Å²) < 4.78 is 27.2. The molecule has 0 aromatic heterocycles. The molecule has 1 atom stereocenters. The van der Waals surface area contributed by atoms with Crippen molar-refractivity contribution in [2.24, 2.45) is 4.99 Å². The molecule has 1 unspecified atom stereocenters. The average molecular weight is 326 g/mol. The van der Waals surface area contributed by atoms with Crippen LogP contribution in [0.3, 0.4) is 0 Å². The molecule has 1 aliphatic carbocycles. The van der Waals surface area contributed by atoms with E-state index in [0.717, 1.165) is 17.5 Å². The van der Waals surface area contributed by atoms with Gasteiger partial charge in [0.2, 0.25) is 0 Å². The summed E-state index contributed by atoms with van der Waals surface area (Å²) in [7, 11) is 0. The molecule has 2 aromatic carbocycles. The summed E-state index contributed by atoms with van der Waals surface area (Å²) in [4.78, 5) is 4.36. The van der Waals surface area contributed by atoms with Crippen molar-refractivity contribution in [1.29, 1.82) is 0 Å². The fourth-order valence-corrected chi connectivity index (χ4v) is 2.60. The van der Waals surface area contributed by atoms with E-state index in [-0.39, 0.29) is 5.82 Å². The van der Waals surface area contributed by atoms with Gasteiger partial charge in [-0.2, -0.15) is 0 Å². The summed E-state index contributed by atoms with van der Waals surface area (Å²) in [6.45, 7) is 1.02. The van der Waals surface area contributed by atoms with Crippen molar-refractivity contribution in [3.8, 4) is 0 Å². The summed E-state index contributed by atoms with van der Waals surface area (Å²) in [5, 5.41) is 3.08. The van der Waals surface area contributed by atoms with E-state index in [1.165, 1.54) is 6.07 Å². The van der Waals surface area contributed by atoms with Gasteiger partial charge in [-0.05, 0) is 42.2 Å². The molecule has 0 amide bonds. The lowest BCUT2D eigenvalue weighted by molar-refractivity contribution is 0.400. The van der Waals surface area contributed by atoms with Crippen LogP contribution in [-0.4, -0.2) is 11.9 Å². The monoisotopic (exact) mass is 326 g/mol. The first kappa shape index (κ1) is 16.4. The van der Waals surface area contributed by atoms with Gasteiger partial charge in [-0.15, -0.1) is 0 Å². The molecule has 3 rings (SSSR count). The van der Waals surface area contributed by atoms with Gasteiger partial charge in [0.05, 0.1) is 17.9 Å². The van der Waals surface area contributed by atoms with Crippen molar-refractivity contribution in [3.05, 3.63) is 77.6 Å². The quantitative estimate of drug-likeness (QED) is 0.815. The van der Waals surface area contributed by atoms with Crippen molar-refractivity contribution < 1.29 is 8.78 Å². The van der Waals surface area contributed by atoms with Crippen molar-refractivity contribution in [1.82, 2.24) is 0 Å². The zero-order valence-electron chi connectivity index (χ0n) is 13.4. The average Bonchev–Trinajstić information content (AvgIpc) is 2.61. The zero-order chi connectivity index (χ0) is 16.8. The van der Waals surface area contributed by atoms with Crippen molar-refractivity contribution in [2.75, 3.05) is 5.32 Å². The minimum atomic E-state index is -0.945. The third-order valence-corrected chi connectivity index (χ3v) is 4.02. The number of hydrogen-bond donors (Lipinski definition) is 1. The number of nitrogens with zero attached hydrogens (tertiary/aromatic N) is 1. The molecule has 0 heterocycles. The lowest BCUT2D eigenvalue weighted by Crippen LogP contribution is -2.16. The maximum absolute atomic E-state index is 13.7. The fourth-order valence-electron chi connectivity index (χ4n) is 2.60. The van der Waals surface area contributed by atoms with Crippen LogP contribution in [0.15, 0.2) is 65.7 Å². The number of halogens is 2. The summed E-state index contributed by atoms with van der Waals surface area (Å²) >= 11 is 0. The van der Waals surface area contributed by atoms with E-state index in [1.54, 1.807) is 24.3 Å². The van der Waals surface area contributed by atoms with Gasteiger partial charge in [-0.3, -0.25) is 4.99 Å². The second-order valence-electron chi connectivity index (χ2n) is 5.84. The van der Waals surface area contributed by atoms with Gasteiger partial charge in [-0.25, -0.2) is 8.78 Å². The number of nitrogens with one attached hydrogen (secondary N) is 1. The molecule has 1 aliphatic rings. The normalized spacial score (nSPS) is 18.8. The molecular formula is C20H20F2N2. The highest BCUT2D eigenvalue weighted by Crippen LogP contribution is 2.16. The molecule has 4 heteroatoms. The van der Waals surface area contributed by atoms with Crippen molar-refractivity contribution in [3.63, 3.8) is 0 Å². The second-order valence-corrected chi connectivity index (χ2v) is 5.84. The van der Waals surface area contributed by atoms with Crippen LogP contribution >= 0.6 is 0 Å². The fraction of sp³-hybridized carbons (Fsp3) is 0.250. The Hall–Kier alpha value is -2.49. The molecule has 0 radical (unpaired) electrons. The smallest absolute Gasteiger partial charge is 0.146 e. The topological polar surface area (TPSA) is 24.4 Å². The number of allylic oxidation sites excluding steroid dienone is 2. The first-order valence-corrected chi connectivity index (χ1v) is 8.13. The van der Waals surface area contributed by atoms with Gasteiger partial charge in [0.25, 0.3) is 0 Å². The van der Waals surface area contributed by atoms with E-state index >= 15 is 0 Å². The maximum Gasteiger partial charge on any atom is 0.146 e. The SMILES string of the molecule is Fc1ccccc1NCc1ccc(CN=C2C=CCCC2F)cc1. The molecule has 124 valence electrons. The van der Waals surface area contributed by atoms with Gasteiger partial charge < -0.3 is 5.32 Å². The molecule has 1 N–H and O–H groups in total. The lowest BCUT2D eigenvalue weighted by Gasteiger charge is -2.12. The van der Waals surface area contributed by atoms with E-state index in [0.29, 0.717) is 30.9 Å². The van der Waals surface area contributed by atoms with E-state index in [1.807, 2.05) is 30.3 Å². The number of alkyl halides is 1. The number of hydrogen-bond acceptors (Lipinski definition) is 2. The highest BCUT2D eigenvalue weighted by atomic mass is 19.1. The van der Waals surface area contributed by atoms with E-state index in [2.05, 4.69) is 10.3 Å². The van der Waals surface area contributed by atoms with Gasteiger partial charge >= 0.3 is 0 Å². The second kappa shape index (κ2) is 7.86. The highest BCUT2D eigenvalue weighted by molar-refractivity contribution is 5.99. The number of para-hydroxylation sites is 1. The van der Waals surface area contributed by atoms with Gasteiger partial charge in [0.1, 0.15) is 12.0 Å². The van der Waals surface area contributed by atoms with Crippen LogP contribution in [0.1, 0.15) is 24.0 Å². The van der Waals surface area contributed by atoms with E-state index < -0.39 is 6.17 Å². The number of aliphatic imine (C=N–C) groups is 1. The Kier molecular flexibility index (Phi) is 5.36. The molecular weight excluding hydrogens is 306 g/mol. The summed E-state index contributed by atoms with van der Waals surface area (Å²) in [6, 6.07) is 14.5. The van der Waals surface area contributed by atoms with Crippen LogP contribution in [0.25, 0.3) is 0 Å². The Bertz CT molecular complexity index is 736. The Morgan fingerprint density at radius 3 is 2.54 bits per heavy atom. The largest absolute Gasteiger partial charge is 0.379 e. The minimum absolute atomic E-state index is 0.258. The summed E-state index contributed by atoms with van der Waals surface area (Å²) in [5.74, 6) is -0.258. The van der Waals surface area contributed by atoms with E-state index in [4.69, 9.17) is 0 Å². The third kappa shape index (κ3) is 4.28. The molecule has 0 saturated heterocycles. The molecule has 24 heavy (non-hydrogen) atoms. The molecule has 0 saturated carbocycles. The molecule has 0 aliphatic heterocycles.